The number of nitrogen functional groups attached to an aromatic ring is 1. The van der Waals surface area contributed by atoms with Crippen LogP contribution in [-0.2, 0) is 11.3 Å². The molecule has 0 saturated heterocycles. The molecule has 2 nitrogen and oxygen atoms in total. The first kappa shape index (κ1) is 11.4. The van der Waals surface area contributed by atoms with Crippen molar-refractivity contribution in [1.29, 1.82) is 0 Å². The molecule has 1 aromatic rings. The summed E-state index contributed by atoms with van der Waals surface area (Å²) in [5.74, 6) is 0.497. The van der Waals surface area contributed by atoms with Crippen molar-refractivity contribution in [2.45, 2.75) is 32.3 Å². The van der Waals surface area contributed by atoms with Crippen molar-refractivity contribution in [3.63, 3.8) is 0 Å². The molecule has 0 bridgehead atoms. The molecular formula is C13H18FNO. The maximum atomic E-state index is 13.5. The molecule has 0 radical (unpaired) electrons. The summed E-state index contributed by atoms with van der Waals surface area (Å²) in [7, 11) is 0. The van der Waals surface area contributed by atoms with Gasteiger partial charge in [0.15, 0.2) is 5.82 Å². The molecule has 16 heavy (non-hydrogen) atoms. The predicted octanol–water partition coefficient (Wildman–Crippen LogP) is 3.11. The minimum Gasteiger partial charge on any atom is -0.396 e. The van der Waals surface area contributed by atoms with Gasteiger partial charge < -0.3 is 10.5 Å². The Morgan fingerprint density at radius 3 is 2.88 bits per heavy atom. The van der Waals surface area contributed by atoms with E-state index in [2.05, 4.69) is 0 Å². The Labute approximate surface area is 95.6 Å². The fraction of sp³-hybridized carbons (Fsp3) is 0.538. The van der Waals surface area contributed by atoms with Gasteiger partial charge in [0.25, 0.3) is 0 Å². The smallest absolute Gasteiger partial charge is 0.151 e. The fourth-order valence-corrected chi connectivity index (χ4v) is 1.92. The van der Waals surface area contributed by atoms with Crippen LogP contribution in [0.15, 0.2) is 18.2 Å². The average Bonchev–Trinajstić information content (AvgIpc) is 2.21. The Bertz CT molecular complexity index is 350. The lowest BCUT2D eigenvalue weighted by molar-refractivity contribution is 0.0932. The molecule has 2 N–H and O–H groups in total. The molecule has 2 rings (SSSR count). The molecular weight excluding hydrogens is 205 g/mol. The number of rotatable bonds is 5. The number of anilines is 1. The second-order valence-electron chi connectivity index (χ2n) is 4.46. The van der Waals surface area contributed by atoms with Crippen LogP contribution in [0.2, 0.25) is 0 Å². The number of ether oxygens (including phenoxy) is 1. The first-order valence-electron chi connectivity index (χ1n) is 5.88. The van der Waals surface area contributed by atoms with E-state index in [4.69, 9.17) is 10.5 Å². The molecule has 1 saturated carbocycles. The summed E-state index contributed by atoms with van der Waals surface area (Å²) in [6.45, 7) is 1.04. The van der Waals surface area contributed by atoms with Crippen molar-refractivity contribution >= 4 is 5.69 Å². The lowest BCUT2D eigenvalue weighted by Crippen LogP contribution is -2.13. The summed E-state index contributed by atoms with van der Waals surface area (Å²) in [6.07, 6.45) is 5.12. The Balaban J connectivity index is 1.73. The van der Waals surface area contributed by atoms with Gasteiger partial charge in [-0.2, -0.15) is 0 Å². The number of nitrogens with two attached hydrogens (primary N) is 1. The van der Waals surface area contributed by atoms with Crippen LogP contribution in [0, 0.1) is 11.7 Å². The summed E-state index contributed by atoms with van der Waals surface area (Å²) in [5.41, 5.74) is 6.22. The van der Waals surface area contributed by atoms with E-state index in [1.54, 1.807) is 18.2 Å². The van der Waals surface area contributed by atoms with Gasteiger partial charge in [0, 0.05) is 12.2 Å². The molecule has 3 heteroatoms. The topological polar surface area (TPSA) is 35.2 Å². The summed E-state index contributed by atoms with van der Waals surface area (Å²) in [5, 5.41) is 0. The van der Waals surface area contributed by atoms with Crippen LogP contribution in [0.4, 0.5) is 10.1 Å². The van der Waals surface area contributed by atoms with E-state index in [1.807, 2.05) is 0 Å². The van der Waals surface area contributed by atoms with Gasteiger partial charge in [0.05, 0.1) is 12.3 Å². The zero-order chi connectivity index (χ0) is 11.4. The van der Waals surface area contributed by atoms with Crippen LogP contribution >= 0.6 is 0 Å². The number of benzene rings is 1. The summed E-state index contributed by atoms with van der Waals surface area (Å²) < 4.78 is 18.9. The van der Waals surface area contributed by atoms with Crippen molar-refractivity contribution in [3.8, 4) is 0 Å². The third kappa shape index (κ3) is 2.73. The van der Waals surface area contributed by atoms with Crippen molar-refractivity contribution in [1.82, 2.24) is 0 Å². The van der Waals surface area contributed by atoms with E-state index in [0.29, 0.717) is 12.2 Å². The van der Waals surface area contributed by atoms with Crippen molar-refractivity contribution in [2.24, 2.45) is 5.92 Å². The highest BCUT2D eigenvalue weighted by molar-refractivity contribution is 5.42. The van der Waals surface area contributed by atoms with Crippen molar-refractivity contribution < 1.29 is 9.13 Å². The molecule has 0 atom stereocenters. The average molecular weight is 223 g/mol. The molecule has 1 fully saturated rings. The molecule has 0 aliphatic heterocycles. The largest absolute Gasteiger partial charge is 0.396 e. The SMILES string of the molecule is Nc1cccc(COCCC2CCC2)c1F. The molecule has 1 aromatic carbocycles. The molecule has 0 heterocycles. The molecule has 0 aromatic heterocycles. The highest BCUT2D eigenvalue weighted by Gasteiger charge is 2.16. The zero-order valence-electron chi connectivity index (χ0n) is 9.42. The number of halogens is 1. The van der Waals surface area contributed by atoms with Crippen molar-refractivity contribution in [3.05, 3.63) is 29.6 Å². The van der Waals surface area contributed by atoms with Crippen LogP contribution < -0.4 is 5.73 Å². The minimum atomic E-state index is -0.342. The van der Waals surface area contributed by atoms with Crippen molar-refractivity contribution in [2.75, 3.05) is 12.3 Å². The van der Waals surface area contributed by atoms with Crippen LogP contribution in [0.25, 0.3) is 0 Å². The maximum absolute atomic E-state index is 13.5. The van der Waals surface area contributed by atoms with Gasteiger partial charge in [-0.3, -0.25) is 0 Å². The molecule has 1 aliphatic carbocycles. The van der Waals surface area contributed by atoms with E-state index in [1.165, 1.54) is 19.3 Å². The Kier molecular flexibility index (Phi) is 3.78. The highest BCUT2D eigenvalue weighted by atomic mass is 19.1. The van der Waals surface area contributed by atoms with Gasteiger partial charge in [-0.05, 0) is 18.4 Å². The lowest BCUT2D eigenvalue weighted by Gasteiger charge is -2.24. The van der Waals surface area contributed by atoms with Gasteiger partial charge in [0.2, 0.25) is 0 Å². The van der Waals surface area contributed by atoms with E-state index in [0.717, 1.165) is 18.9 Å². The Morgan fingerprint density at radius 1 is 1.38 bits per heavy atom. The first-order chi connectivity index (χ1) is 7.77. The zero-order valence-corrected chi connectivity index (χ0v) is 9.42. The third-order valence-electron chi connectivity index (χ3n) is 3.26. The van der Waals surface area contributed by atoms with E-state index < -0.39 is 0 Å². The Morgan fingerprint density at radius 2 is 2.19 bits per heavy atom. The Hall–Kier alpha value is -1.09. The molecule has 1 aliphatic rings. The van der Waals surface area contributed by atoms with Gasteiger partial charge in [-0.15, -0.1) is 0 Å². The number of hydrogen-bond acceptors (Lipinski definition) is 2. The molecule has 0 amide bonds. The standard InChI is InChI=1S/C13H18FNO/c14-13-11(5-2-6-12(13)15)9-16-8-7-10-3-1-4-10/h2,5-6,10H,1,3-4,7-9,15H2. The molecule has 88 valence electrons. The van der Waals surface area contributed by atoms with Gasteiger partial charge in [-0.25, -0.2) is 4.39 Å². The summed E-state index contributed by atoms with van der Waals surface area (Å²) >= 11 is 0. The highest BCUT2D eigenvalue weighted by Crippen LogP contribution is 2.29. The predicted molar refractivity (Wildman–Crippen MR) is 62.4 cm³/mol. The number of hydrogen-bond donors (Lipinski definition) is 1. The van der Waals surface area contributed by atoms with Gasteiger partial charge >= 0.3 is 0 Å². The molecule has 0 spiro atoms. The fourth-order valence-electron chi connectivity index (χ4n) is 1.92. The third-order valence-corrected chi connectivity index (χ3v) is 3.26. The quantitative estimate of drug-likeness (QED) is 0.615. The second-order valence-corrected chi connectivity index (χ2v) is 4.46. The van der Waals surface area contributed by atoms with Crippen LogP contribution in [0.5, 0.6) is 0 Å². The first-order valence-corrected chi connectivity index (χ1v) is 5.88. The van der Waals surface area contributed by atoms with Crippen LogP contribution in [-0.4, -0.2) is 6.61 Å². The second kappa shape index (κ2) is 5.30. The van der Waals surface area contributed by atoms with E-state index >= 15 is 0 Å². The van der Waals surface area contributed by atoms with Crippen LogP contribution in [0.1, 0.15) is 31.2 Å². The van der Waals surface area contributed by atoms with E-state index in [9.17, 15) is 4.39 Å². The molecule has 0 unspecified atom stereocenters. The summed E-state index contributed by atoms with van der Waals surface area (Å²) in [6, 6.07) is 5.03. The van der Waals surface area contributed by atoms with Gasteiger partial charge in [0.1, 0.15) is 0 Å². The van der Waals surface area contributed by atoms with Crippen LogP contribution in [0.3, 0.4) is 0 Å². The minimum absolute atomic E-state index is 0.195. The lowest BCUT2D eigenvalue weighted by atomic mass is 9.83. The summed E-state index contributed by atoms with van der Waals surface area (Å²) in [4.78, 5) is 0. The monoisotopic (exact) mass is 223 g/mol. The van der Waals surface area contributed by atoms with Gasteiger partial charge in [-0.1, -0.05) is 31.4 Å². The van der Waals surface area contributed by atoms with E-state index in [-0.39, 0.29) is 11.5 Å². The normalized spacial score (nSPS) is 16.1. The maximum Gasteiger partial charge on any atom is 0.151 e.